The molecule has 0 N–H and O–H groups in total. The molecular weight excluding hydrogens is 206 g/mol. The SMILES string of the molecule is CC/C=C/C=C/C1CC1(C#N)c1ccccc1. The second-order valence-electron chi connectivity index (χ2n) is 4.48. The van der Waals surface area contributed by atoms with Crippen molar-refractivity contribution in [3.8, 4) is 6.07 Å². The average molecular weight is 223 g/mol. The van der Waals surface area contributed by atoms with Crippen molar-refractivity contribution in [2.24, 2.45) is 5.92 Å². The smallest absolute Gasteiger partial charge is 0.0891 e. The molecule has 86 valence electrons. The predicted molar refractivity (Wildman–Crippen MR) is 70.4 cm³/mol. The lowest BCUT2D eigenvalue weighted by atomic mass is 9.95. The highest BCUT2D eigenvalue weighted by molar-refractivity contribution is 5.43. The zero-order valence-corrected chi connectivity index (χ0v) is 10.1. The molecule has 2 atom stereocenters. The standard InChI is InChI=1S/C16H17N/c1-2-3-4-6-11-15-12-16(15,13-17)14-9-7-5-8-10-14/h3-11,15H,2,12H2,1H3/b4-3+,11-6+. The van der Waals surface area contributed by atoms with Gasteiger partial charge in [0.2, 0.25) is 0 Å². The third-order valence-electron chi connectivity index (χ3n) is 3.33. The van der Waals surface area contributed by atoms with Crippen molar-refractivity contribution < 1.29 is 0 Å². The molecule has 0 spiro atoms. The van der Waals surface area contributed by atoms with E-state index in [1.807, 2.05) is 18.2 Å². The molecule has 1 aliphatic rings. The van der Waals surface area contributed by atoms with Crippen molar-refractivity contribution in [3.05, 3.63) is 60.2 Å². The fourth-order valence-corrected chi connectivity index (χ4v) is 2.19. The third-order valence-corrected chi connectivity index (χ3v) is 3.33. The summed E-state index contributed by atoms with van der Waals surface area (Å²) < 4.78 is 0. The predicted octanol–water partition coefficient (Wildman–Crippen LogP) is 3.99. The summed E-state index contributed by atoms with van der Waals surface area (Å²) in [5.41, 5.74) is 0.884. The Hall–Kier alpha value is -1.81. The van der Waals surface area contributed by atoms with Crippen LogP contribution < -0.4 is 0 Å². The van der Waals surface area contributed by atoms with Crippen molar-refractivity contribution >= 4 is 0 Å². The molecule has 0 heterocycles. The minimum Gasteiger partial charge on any atom is -0.197 e. The second kappa shape index (κ2) is 5.01. The monoisotopic (exact) mass is 223 g/mol. The number of allylic oxidation sites excluding steroid dienone is 4. The Morgan fingerprint density at radius 1 is 1.35 bits per heavy atom. The first-order valence-corrected chi connectivity index (χ1v) is 6.13. The lowest BCUT2D eigenvalue weighted by Crippen LogP contribution is -2.05. The first-order chi connectivity index (χ1) is 8.33. The van der Waals surface area contributed by atoms with E-state index in [9.17, 15) is 5.26 Å². The first-order valence-electron chi connectivity index (χ1n) is 6.13. The largest absolute Gasteiger partial charge is 0.197 e. The lowest BCUT2D eigenvalue weighted by Gasteiger charge is -2.06. The third kappa shape index (κ3) is 2.31. The van der Waals surface area contributed by atoms with Gasteiger partial charge in [-0.1, -0.05) is 61.6 Å². The molecule has 0 aromatic heterocycles. The van der Waals surface area contributed by atoms with E-state index in [1.54, 1.807) is 0 Å². The van der Waals surface area contributed by atoms with Crippen LogP contribution in [0.2, 0.25) is 0 Å². The van der Waals surface area contributed by atoms with Gasteiger partial charge in [0.1, 0.15) is 0 Å². The van der Waals surface area contributed by atoms with Gasteiger partial charge >= 0.3 is 0 Å². The maximum atomic E-state index is 9.38. The van der Waals surface area contributed by atoms with Crippen LogP contribution in [0.15, 0.2) is 54.6 Å². The molecule has 1 aliphatic carbocycles. The Morgan fingerprint density at radius 2 is 2.12 bits per heavy atom. The van der Waals surface area contributed by atoms with E-state index in [0.29, 0.717) is 5.92 Å². The van der Waals surface area contributed by atoms with Gasteiger partial charge in [0.25, 0.3) is 0 Å². The molecule has 1 heteroatoms. The minimum absolute atomic E-state index is 0.266. The molecular formula is C16H17N. The number of benzene rings is 1. The molecule has 0 radical (unpaired) electrons. The van der Waals surface area contributed by atoms with Crippen LogP contribution in [-0.4, -0.2) is 0 Å². The van der Waals surface area contributed by atoms with Crippen LogP contribution in [0.4, 0.5) is 0 Å². The molecule has 0 saturated heterocycles. The van der Waals surface area contributed by atoms with Gasteiger partial charge in [0.15, 0.2) is 0 Å². The van der Waals surface area contributed by atoms with Crippen molar-refractivity contribution in [1.82, 2.24) is 0 Å². The van der Waals surface area contributed by atoms with Gasteiger partial charge in [-0.05, 0) is 18.4 Å². The molecule has 1 fully saturated rings. The van der Waals surface area contributed by atoms with Crippen LogP contribution in [0.3, 0.4) is 0 Å². The lowest BCUT2D eigenvalue weighted by molar-refractivity contribution is 0.842. The summed E-state index contributed by atoms with van der Waals surface area (Å²) in [7, 11) is 0. The van der Waals surface area contributed by atoms with Crippen LogP contribution in [0.1, 0.15) is 25.3 Å². The minimum atomic E-state index is -0.266. The van der Waals surface area contributed by atoms with E-state index in [4.69, 9.17) is 0 Å². The second-order valence-corrected chi connectivity index (χ2v) is 4.48. The topological polar surface area (TPSA) is 23.8 Å². The van der Waals surface area contributed by atoms with Crippen molar-refractivity contribution in [1.29, 1.82) is 5.26 Å². The average Bonchev–Trinajstić information content (AvgIpc) is 3.11. The van der Waals surface area contributed by atoms with E-state index >= 15 is 0 Å². The molecule has 0 aliphatic heterocycles. The number of nitriles is 1. The Morgan fingerprint density at radius 3 is 2.76 bits per heavy atom. The van der Waals surface area contributed by atoms with Crippen molar-refractivity contribution in [2.75, 3.05) is 0 Å². The number of rotatable bonds is 4. The number of hydrogen-bond donors (Lipinski definition) is 0. The molecule has 0 amide bonds. The molecule has 1 aromatic rings. The van der Waals surface area contributed by atoms with Gasteiger partial charge in [0, 0.05) is 5.92 Å². The maximum Gasteiger partial charge on any atom is 0.0891 e. The highest BCUT2D eigenvalue weighted by Gasteiger charge is 2.54. The molecule has 1 saturated carbocycles. The van der Waals surface area contributed by atoms with Crippen LogP contribution in [0, 0.1) is 17.2 Å². The van der Waals surface area contributed by atoms with Gasteiger partial charge in [-0.15, -0.1) is 0 Å². The molecule has 2 unspecified atom stereocenters. The van der Waals surface area contributed by atoms with Gasteiger partial charge in [0.05, 0.1) is 11.5 Å². The zero-order valence-electron chi connectivity index (χ0n) is 10.1. The highest BCUT2D eigenvalue weighted by Crippen LogP contribution is 2.54. The maximum absolute atomic E-state index is 9.38. The quantitative estimate of drug-likeness (QED) is 0.708. The number of hydrogen-bond acceptors (Lipinski definition) is 1. The first kappa shape index (κ1) is 11.7. The molecule has 2 rings (SSSR count). The van der Waals surface area contributed by atoms with Gasteiger partial charge in [-0.2, -0.15) is 5.26 Å². The zero-order chi connectivity index (χ0) is 12.1. The van der Waals surface area contributed by atoms with Gasteiger partial charge < -0.3 is 0 Å². The normalized spacial score (nSPS) is 27.4. The van der Waals surface area contributed by atoms with E-state index in [0.717, 1.165) is 18.4 Å². The van der Waals surface area contributed by atoms with Gasteiger partial charge in [-0.3, -0.25) is 0 Å². The van der Waals surface area contributed by atoms with Crippen LogP contribution in [-0.2, 0) is 5.41 Å². The van der Waals surface area contributed by atoms with Crippen LogP contribution in [0.5, 0.6) is 0 Å². The molecule has 1 aromatic carbocycles. The number of nitrogens with zero attached hydrogens (tertiary/aromatic N) is 1. The van der Waals surface area contributed by atoms with Crippen molar-refractivity contribution in [2.45, 2.75) is 25.2 Å². The van der Waals surface area contributed by atoms with E-state index in [-0.39, 0.29) is 5.41 Å². The summed E-state index contributed by atoms with van der Waals surface area (Å²) in [6.07, 6.45) is 10.4. The van der Waals surface area contributed by atoms with Gasteiger partial charge in [-0.25, -0.2) is 0 Å². The summed E-state index contributed by atoms with van der Waals surface area (Å²) in [5.74, 6) is 0.372. The van der Waals surface area contributed by atoms with E-state index in [2.05, 4.69) is 49.4 Å². The summed E-state index contributed by atoms with van der Waals surface area (Å²) in [6.45, 7) is 2.12. The Bertz CT molecular complexity index is 464. The fraction of sp³-hybridized carbons (Fsp3) is 0.312. The van der Waals surface area contributed by atoms with Crippen molar-refractivity contribution in [3.63, 3.8) is 0 Å². The Kier molecular flexibility index (Phi) is 3.44. The van der Waals surface area contributed by atoms with Crippen LogP contribution in [0.25, 0.3) is 0 Å². The summed E-state index contributed by atoms with van der Waals surface area (Å²) in [5, 5.41) is 9.38. The fourth-order valence-electron chi connectivity index (χ4n) is 2.19. The van der Waals surface area contributed by atoms with E-state index < -0.39 is 0 Å². The summed E-state index contributed by atoms with van der Waals surface area (Å²) >= 11 is 0. The summed E-state index contributed by atoms with van der Waals surface area (Å²) in [4.78, 5) is 0. The Labute approximate surface area is 103 Å². The molecule has 17 heavy (non-hydrogen) atoms. The summed E-state index contributed by atoms with van der Waals surface area (Å²) in [6, 6.07) is 12.6. The highest BCUT2D eigenvalue weighted by atomic mass is 14.6. The molecule has 0 bridgehead atoms. The van der Waals surface area contributed by atoms with E-state index in [1.165, 1.54) is 0 Å². The van der Waals surface area contributed by atoms with Crippen LogP contribution >= 0.6 is 0 Å². The Balaban J connectivity index is 2.10. The molecule has 1 nitrogen and oxygen atoms in total.